The normalized spacial score (nSPS) is 11.1. The molecule has 5 heteroatoms. The van der Waals surface area contributed by atoms with Crippen LogP contribution in [0.1, 0.15) is 25.3 Å². The molecule has 3 N–H and O–H groups in total. The Kier molecular flexibility index (Phi) is 3.05. The average Bonchev–Trinajstić information content (AvgIpc) is 2.67. The molecular weight excluding hydrogens is 204 g/mol. The topological polar surface area (TPSA) is 76.7 Å². The second kappa shape index (κ2) is 4.49. The number of pyridine rings is 1. The summed E-state index contributed by atoms with van der Waals surface area (Å²) in [4.78, 5) is 14.4. The summed E-state index contributed by atoms with van der Waals surface area (Å²) in [6, 6.07) is 1.81. The van der Waals surface area contributed by atoms with Crippen LogP contribution < -0.4 is 11.3 Å². The highest BCUT2D eigenvalue weighted by Crippen LogP contribution is 2.10. The van der Waals surface area contributed by atoms with Gasteiger partial charge in [0.15, 0.2) is 0 Å². The zero-order chi connectivity index (χ0) is 11.5. The molecule has 16 heavy (non-hydrogen) atoms. The second-order valence-electron chi connectivity index (χ2n) is 3.85. The molecule has 86 valence electrons. The summed E-state index contributed by atoms with van der Waals surface area (Å²) in [5.74, 6) is 0. The van der Waals surface area contributed by atoms with Gasteiger partial charge < -0.3 is 10.7 Å². The number of H-pyrrole nitrogens is 1. The number of aryl methyl sites for hydroxylation is 1. The lowest BCUT2D eigenvalue weighted by Gasteiger charge is -2.02. The molecule has 0 saturated heterocycles. The van der Waals surface area contributed by atoms with E-state index in [1.54, 1.807) is 6.20 Å². The molecule has 0 amide bonds. The van der Waals surface area contributed by atoms with Gasteiger partial charge in [0.2, 0.25) is 0 Å². The van der Waals surface area contributed by atoms with E-state index in [9.17, 15) is 4.79 Å². The van der Waals surface area contributed by atoms with Crippen LogP contribution in [0.15, 0.2) is 17.1 Å². The van der Waals surface area contributed by atoms with Gasteiger partial charge in [-0.15, -0.1) is 0 Å². The number of unbranched alkanes of at least 4 members (excludes halogenated alkanes) is 1. The Bertz CT molecular complexity index is 540. The van der Waals surface area contributed by atoms with E-state index in [1.165, 1.54) is 0 Å². The van der Waals surface area contributed by atoms with Gasteiger partial charge in [0.25, 0.3) is 5.56 Å². The highest BCUT2D eigenvalue weighted by Gasteiger charge is 2.06. The first-order valence-corrected chi connectivity index (χ1v) is 5.54. The van der Waals surface area contributed by atoms with E-state index in [-0.39, 0.29) is 12.1 Å². The Labute approximate surface area is 93.3 Å². The van der Waals surface area contributed by atoms with Gasteiger partial charge in [0, 0.05) is 24.0 Å². The van der Waals surface area contributed by atoms with Gasteiger partial charge in [0.05, 0.1) is 6.20 Å². The second-order valence-corrected chi connectivity index (χ2v) is 3.85. The van der Waals surface area contributed by atoms with Crippen LogP contribution in [0.25, 0.3) is 11.0 Å². The first-order valence-electron chi connectivity index (χ1n) is 5.54. The summed E-state index contributed by atoms with van der Waals surface area (Å²) in [5, 5.41) is 5.20. The van der Waals surface area contributed by atoms with E-state index in [1.807, 2.05) is 10.7 Å². The van der Waals surface area contributed by atoms with Gasteiger partial charge in [-0.3, -0.25) is 4.79 Å². The predicted octanol–water partition coefficient (Wildman–Crippen LogP) is 0.983. The molecule has 2 heterocycles. The van der Waals surface area contributed by atoms with E-state index >= 15 is 0 Å². The maximum absolute atomic E-state index is 11.6. The molecule has 0 radical (unpaired) electrons. The Morgan fingerprint density at radius 3 is 3.06 bits per heavy atom. The van der Waals surface area contributed by atoms with Crippen molar-refractivity contribution in [1.29, 1.82) is 0 Å². The first-order chi connectivity index (χ1) is 7.76. The molecule has 0 aromatic carbocycles. The minimum atomic E-state index is -0.117. The molecule has 0 spiro atoms. The number of rotatable bonds is 4. The van der Waals surface area contributed by atoms with Crippen LogP contribution in [-0.4, -0.2) is 14.8 Å². The summed E-state index contributed by atoms with van der Waals surface area (Å²) in [6.45, 7) is 3.21. The minimum absolute atomic E-state index is 0.117. The van der Waals surface area contributed by atoms with Crippen LogP contribution in [0.4, 0.5) is 0 Å². The van der Waals surface area contributed by atoms with Crippen LogP contribution in [0.5, 0.6) is 0 Å². The van der Waals surface area contributed by atoms with Crippen molar-refractivity contribution in [1.82, 2.24) is 14.8 Å². The molecular formula is C11H16N4O. The van der Waals surface area contributed by atoms with Crippen molar-refractivity contribution in [2.75, 3.05) is 0 Å². The van der Waals surface area contributed by atoms with Gasteiger partial charge in [-0.05, 0) is 12.5 Å². The zero-order valence-corrected chi connectivity index (χ0v) is 9.36. The van der Waals surface area contributed by atoms with Crippen molar-refractivity contribution in [3.63, 3.8) is 0 Å². The number of nitrogens with two attached hydrogens (primary N) is 1. The van der Waals surface area contributed by atoms with Crippen LogP contribution in [-0.2, 0) is 13.1 Å². The molecule has 2 aromatic rings. The van der Waals surface area contributed by atoms with Gasteiger partial charge in [0.1, 0.15) is 5.65 Å². The van der Waals surface area contributed by atoms with E-state index in [4.69, 9.17) is 5.73 Å². The number of aromatic amines is 1. The lowest BCUT2D eigenvalue weighted by molar-refractivity contribution is 0.583. The number of hydrogen-bond acceptors (Lipinski definition) is 3. The summed E-state index contributed by atoms with van der Waals surface area (Å²) < 4.78 is 1.83. The Morgan fingerprint density at radius 2 is 2.38 bits per heavy atom. The largest absolute Gasteiger partial charge is 0.326 e. The molecule has 0 aliphatic carbocycles. The molecule has 0 unspecified atom stereocenters. The molecule has 2 rings (SSSR count). The van der Waals surface area contributed by atoms with Crippen molar-refractivity contribution in [3.05, 3.63) is 28.2 Å². The molecule has 2 aromatic heterocycles. The number of nitrogens with one attached hydrogen (secondary N) is 1. The van der Waals surface area contributed by atoms with Gasteiger partial charge in [-0.1, -0.05) is 13.3 Å². The van der Waals surface area contributed by atoms with Crippen LogP contribution in [0, 0.1) is 0 Å². The monoisotopic (exact) mass is 220 g/mol. The SMILES string of the molecule is CCCCn1ncc2cc(CN)c(=O)[nH]c21. The molecule has 0 aliphatic heterocycles. The number of hydrogen-bond donors (Lipinski definition) is 2. The highest BCUT2D eigenvalue weighted by atomic mass is 16.1. The quantitative estimate of drug-likeness (QED) is 0.806. The third-order valence-electron chi connectivity index (χ3n) is 2.66. The highest BCUT2D eigenvalue weighted by molar-refractivity contribution is 5.74. The van der Waals surface area contributed by atoms with Crippen LogP contribution in [0.3, 0.4) is 0 Å². The summed E-state index contributed by atoms with van der Waals surface area (Å²) in [5.41, 5.74) is 6.75. The van der Waals surface area contributed by atoms with E-state index in [0.29, 0.717) is 5.56 Å². The fraction of sp³-hybridized carbons (Fsp3) is 0.455. The molecule has 0 bridgehead atoms. The zero-order valence-electron chi connectivity index (χ0n) is 9.36. The van der Waals surface area contributed by atoms with Crippen LogP contribution in [0.2, 0.25) is 0 Å². The predicted molar refractivity (Wildman–Crippen MR) is 63.2 cm³/mol. The van der Waals surface area contributed by atoms with Crippen molar-refractivity contribution in [3.8, 4) is 0 Å². The Hall–Kier alpha value is -1.62. The Balaban J connectivity index is 2.48. The van der Waals surface area contributed by atoms with E-state index in [2.05, 4.69) is 17.0 Å². The summed E-state index contributed by atoms with van der Waals surface area (Å²) in [6.07, 6.45) is 3.92. The maximum Gasteiger partial charge on any atom is 0.254 e. The third kappa shape index (κ3) is 1.86. The maximum atomic E-state index is 11.6. The number of aromatic nitrogens is 3. The smallest absolute Gasteiger partial charge is 0.254 e. The van der Waals surface area contributed by atoms with Gasteiger partial charge >= 0.3 is 0 Å². The molecule has 5 nitrogen and oxygen atoms in total. The Morgan fingerprint density at radius 1 is 1.56 bits per heavy atom. The van der Waals surface area contributed by atoms with Crippen LogP contribution >= 0.6 is 0 Å². The summed E-state index contributed by atoms with van der Waals surface area (Å²) in [7, 11) is 0. The van der Waals surface area contributed by atoms with Gasteiger partial charge in [-0.25, -0.2) is 4.68 Å². The van der Waals surface area contributed by atoms with E-state index in [0.717, 1.165) is 30.4 Å². The van der Waals surface area contributed by atoms with Crippen molar-refractivity contribution in [2.24, 2.45) is 5.73 Å². The van der Waals surface area contributed by atoms with Crippen molar-refractivity contribution >= 4 is 11.0 Å². The summed E-state index contributed by atoms with van der Waals surface area (Å²) >= 11 is 0. The van der Waals surface area contributed by atoms with Crippen molar-refractivity contribution in [2.45, 2.75) is 32.9 Å². The number of nitrogens with zero attached hydrogens (tertiary/aromatic N) is 2. The molecule has 0 saturated carbocycles. The molecule has 0 atom stereocenters. The fourth-order valence-electron chi connectivity index (χ4n) is 1.71. The van der Waals surface area contributed by atoms with Gasteiger partial charge in [-0.2, -0.15) is 5.10 Å². The standard InChI is InChI=1S/C11H16N4O/c1-2-3-4-15-10-9(7-13-15)5-8(6-12)11(16)14-10/h5,7H,2-4,6,12H2,1H3,(H,14,16). The van der Waals surface area contributed by atoms with Crippen molar-refractivity contribution < 1.29 is 0 Å². The minimum Gasteiger partial charge on any atom is -0.326 e. The lowest BCUT2D eigenvalue weighted by atomic mass is 10.2. The average molecular weight is 220 g/mol. The third-order valence-corrected chi connectivity index (χ3v) is 2.66. The number of fused-ring (bicyclic) bond motifs is 1. The van der Waals surface area contributed by atoms with E-state index < -0.39 is 0 Å². The lowest BCUT2D eigenvalue weighted by Crippen LogP contribution is -2.16. The first kappa shape index (κ1) is 10.9. The fourth-order valence-corrected chi connectivity index (χ4v) is 1.71. The molecule has 0 aliphatic rings. The molecule has 0 fully saturated rings.